The number of hydrogen-bond donors (Lipinski definition) is 1. The van der Waals surface area contributed by atoms with Gasteiger partial charge in [-0.25, -0.2) is 4.98 Å². The molecule has 2 heterocycles. The third kappa shape index (κ3) is 1.20. The zero-order valence-electron chi connectivity index (χ0n) is 6.19. The number of hydrogen-bond acceptors (Lipinski definition) is 4. The SMILES string of the molecule is O=[N+]([O-])c1n[nH]c2ncc(Cl)cc12. The number of pyridine rings is 1. The lowest BCUT2D eigenvalue weighted by Crippen LogP contribution is -1.87. The highest BCUT2D eigenvalue weighted by Gasteiger charge is 2.17. The summed E-state index contributed by atoms with van der Waals surface area (Å²) >= 11 is 5.63. The Labute approximate surface area is 76.7 Å². The monoisotopic (exact) mass is 198 g/mol. The molecule has 0 spiro atoms. The Hall–Kier alpha value is -1.69. The standard InChI is InChI=1S/C6H3ClN4O2/c7-3-1-4-5(8-2-3)9-10-6(4)11(12)13/h1-2H,(H,8,9,10). The number of halogens is 1. The van der Waals surface area contributed by atoms with E-state index in [1.807, 2.05) is 0 Å². The Morgan fingerprint density at radius 3 is 3.08 bits per heavy atom. The van der Waals surface area contributed by atoms with Crippen LogP contribution in [0.4, 0.5) is 5.82 Å². The van der Waals surface area contributed by atoms with Crippen molar-refractivity contribution in [1.29, 1.82) is 0 Å². The molecule has 0 radical (unpaired) electrons. The van der Waals surface area contributed by atoms with Crippen LogP contribution in [0.1, 0.15) is 0 Å². The summed E-state index contributed by atoms with van der Waals surface area (Å²) in [6.45, 7) is 0. The Morgan fingerprint density at radius 2 is 2.38 bits per heavy atom. The van der Waals surface area contributed by atoms with Crippen LogP contribution in [-0.2, 0) is 0 Å². The van der Waals surface area contributed by atoms with Crippen LogP contribution < -0.4 is 0 Å². The average molecular weight is 199 g/mol. The van der Waals surface area contributed by atoms with Crippen LogP contribution in [-0.4, -0.2) is 20.1 Å². The van der Waals surface area contributed by atoms with Crippen LogP contribution in [0.2, 0.25) is 5.02 Å². The molecule has 0 amide bonds. The number of aromatic amines is 1. The van der Waals surface area contributed by atoms with E-state index in [0.717, 1.165) is 0 Å². The normalized spacial score (nSPS) is 10.5. The summed E-state index contributed by atoms with van der Waals surface area (Å²) in [6.07, 6.45) is 1.39. The summed E-state index contributed by atoms with van der Waals surface area (Å²) < 4.78 is 0. The number of rotatable bonds is 1. The maximum Gasteiger partial charge on any atom is 0.399 e. The molecular weight excluding hydrogens is 196 g/mol. The summed E-state index contributed by atoms with van der Waals surface area (Å²) in [4.78, 5) is 13.7. The Morgan fingerprint density at radius 1 is 1.62 bits per heavy atom. The Bertz CT molecular complexity index is 480. The van der Waals surface area contributed by atoms with Crippen molar-refractivity contribution in [2.45, 2.75) is 0 Å². The van der Waals surface area contributed by atoms with Crippen molar-refractivity contribution in [3.8, 4) is 0 Å². The minimum absolute atomic E-state index is 0.259. The molecule has 2 rings (SSSR count). The molecule has 13 heavy (non-hydrogen) atoms. The van der Waals surface area contributed by atoms with Crippen molar-refractivity contribution in [3.05, 3.63) is 27.4 Å². The van der Waals surface area contributed by atoms with Crippen molar-refractivity contribution in [1.82, 2.24) is 15.2 Å². The van der Waals surface area contributed by atoms with Crippen molar-refractivity contribution < 1.29 is 4.92 Å². The fraction of sp³-hybridized carbons (Fsp3) is 0. The molecule has 0 aliphatic rings. The van der Waals surface area contributed by atoms with Crippen LogP contribution in [0.3, 0.4) is 0 Å². The van der Waals surface area contributed by atoms with Gasteiger partial charge < -0.3 is 10.1 Å². The molecule has 66 valence electrons. The van der Waals surface area contributed by atoms with Crippen LogP contribution in [0.25, 0.3) is 11.0 Å². The molecule has 0 aliphatic heterocycles. The van der Waals surface area contributed by atoms with E-state index in [2.05, 4.69) is 15.2 Å². The molecule has 0 atom stereocenters. The van der Waals surface area contributed by atoms with Crippen molar-refractivity contribution in [3.63, 3.8) is 0 Å². The minimum Gasteiger partial charge on any atom is -0.358 e. The van der Waals surface area contributed by atoms with Crippen LogP contribution in [0.5, 0.6) is 0 Å². The molecule has 7 heteroatoms. The van der Waals surface area contributed by atoms with Crippen LogP contribution in [0.15, 0.2) is 12.3 Å². The minimum atomic E-state index is -0.586. The van der Waals surface area contributed by atoms with Gasteiger partial charge in [-0.15, -0.1) is 0 Å². The first-order valence-corrected chi connectivity index (χ1v) is 3.70. The first-order chi connectivity index (χ1) is 6.18. The van der Waals surface area contributed by atoms with E-state index in [1.165, 1.54) is 12.3 Å². The predicted molar refractivity (Wildman–Crippen MR) is 45.6 cm³/mol. The van der Waals surface area contributed by atoms with Crippen molar-refractivity contribution in [2.75, 3.05) is 0 Å². The highest BCUT2D eigenvalue weighted by Crippen LogP contribution is 2.22. The first kappa shape index (κ1) is 7.93. The van der Waals surface area contributed by atoms with Gasteiger partial charge in [-0.3, -0.25) is 0 Å². The van der Waals surface area contributed by atoms with Gasteiger partial charge in [0.15, 0.2) is 5.65 Å². The maximum atomic E-state index is 10.4. The Kier molecular flexibility index (Phi) is 1.63. The topological polar surface area (TPSA) is 84.7 Å². The smallest absolute Gasteiger partial charge is 0.358 e. The van der Waals surface area contributed by atoms with Crippen molar-refractivity contribution >= 4 is 28.5 Å². The van der Waals surface area contributed by atoms with E-state index in [1.54, 1.807) is 0 Å². The third-order valence-corrected chi connectivity index (χ3v) is 1.74. The summed E-state index contributed by atoms with van der Waals surface area (Å²) in [7, 11) is 0. The van der Waals surface area contributed by atoms with E-state index < -0.39 is 4.92 Å². The number of nitro groups is 1. The van der Waals surface area contributed by atoms with E-state index in [0.29, 0.717) is 16.1 Å². The Balaban J connectivity index is 2.79. The number of nitrogens with zero attached hydrogens (tertiary/aromatic N) is 3. The lowest BCUT2D eigenvalue weighted by Gasteiger charge is -1.89. The summed E-state index contributed by atoms with van der Waals surface area (Å²) in [5.74, 6) is -0.259. The van der Waals surface area contributed by atoms with Gasteiger partial charge in [0.2, 0.25) is 0 Å². The molecule has 0 bridgehead atoms. The number of fused-ring (bicyclic) bond motifs is 1. The predicted octanol–water partition coefficient (Wildman–Crippen LogP) is 1.52. The quantitative estimate of drug-likeness (QED) is 0.556. The van der Waals surface area contributed by atoms with Crippen LogP contribution >= 0.6 is 11.6 Å². The average Bonchev–Trinajstić information content (AvgIpc) is 2.46. The van der Waals surface area contributed by atoms with Crippen LogP contribution in [0, 0.1) is 10.1 Å². The lowest BCUT2D eigenvalue weighted by atomic mass is 10.3. The molecule has 0 aliphatic carbocycles. The van der Waals surface area contributed by atoms with E-state index in [9.17, 15) is 10.1 Å². The molecular formula is C6H3ClN4O2. The first-order valence-electron chi connectivity index (χ1n) is 3.32. The second kappa shape index (κ2) is 2.67. The molecule has 1 N–H and O–H groups in total. The molecule has 2 aromatic heterocycles. The molecule has 0 fully saturated rings. The third-order valence-electron chi connectivity index (χ3n) is 1.54. The van der Waals surface area contributed by atoms with Gasteiger partial charge in [0.05, 0.1) is 10.1 Å². The van der Waals surface area contributed by atoms with Gasteiger partial charge in [-0.2, -0.15) is 5.10 Å². The maximum absolute atomic E-state index is 10.4. The highest BCUT2D eigenvalue weighted by molar-refractivity contribution is 6.31. The summed E-state index contributed by atoms with van der Waals surface area (Å²) in [5.41, 5.74) is 0.358. The molecule has 6 nitrogen and oxygen atoms in total. The van der Waals surface area contributed by atoms with Gasteiger partial charge in [-0.1, -0.05) is 11.6 Å². The second-order valence-electron chi connectivity index (χ2n) is 2.35. The van der Waals surface area contributed by atoms with Crippen molar-refractivity contribution in [2.24, 2.45) is 0 Å². The zero-order chi connectivity index (χ0) is 9.42. The highest BCUT2D eigenvalue weighted by atomic mass is 35.5. The van der Waals surface area contributed by atoms with Gasteiger partial charge >= 0.3 is 5.82 Å². The largest absolute Gasteiger partial charge is 0.399 e. The molecule has 0 saturated carbocycles. The molecule has 0 saturated heterocycles. The molecule has 0 aromatic carbocycles. The van der Waals surface area contributed by atoms with Gasteiger partial charge in [0.1, 0.15) is 5.39 Å². The fourth-order valence-corrected chi connectivity index (χ4v) is 1.16. The molecule has 0 unspecified atom stereocenters. The van der Waals surface area contributed by atoms with Gasteiger partial charge in [0, 0.05) is 6.20 Å². The summed E-state index contributed by atoms with van der Waals surface area (Å²) in [6, 6.07) is 1.45. The van der Waals surface area contributed by atoms with E-state index in [-0.39, 0.29) is 5.82 Å². The zero-order valence-corrected chi connectivity index (χ0v) is 6.95. The lowest BCUT2D eigenvalue weighted by molar-refractivity contribution is -0.387. The summed E-state index contributed by atoms with van der Waals surface area (Å²) in [5, 5.41) is 17.0. The molecule has 2 aromatic rings. The second-order valence-corrected chi connectivity index (χ2v) is 2.79. The number of H-pyrrole nitrogens is 1. The van der Waals surface area contributed by atoms with Gasteiger partial charge in [0.25, 0.3) is 0 Å². The van der Waals surface area contributed by atoms with E-state index >= 15 is 0 Å². The number of aromatic nitrogens is 3. The van der Waals surface area contributed by atoms with Gasteiger partial charge in [-0.05, 0) is 11.0 Å². The van der Waals surface area contributed by atoms with E-state index in [4.69, 9.17) is 11.6 Å². The number of nitrogens with one attached hydrogen (secondary N) is 1. The fourth-order valence-electron chi connectivity index (χ4n) is 1.00.